The van der Waals surface area contributed by atoms with E-state index in [-0.39, 0.29) is 5.41 Å². The lowest BCUT2D eigenvalue weighted by Crippen LogP contribution is -2.09. The average molecular weight is 345 g/mol. The summed E-state index contributed by atoms with van der Waals surface area (Å²) in [6.45, 7) is 6.19. The molecule has 1 N–H and O–H groups in total. The summed E-state index contributed by atoms with van der Waals surface area (Å²) in [5.41, 5.74) is 0.732. The second-order valence-corrected chi connectivity index (χ2v) is 6.67. The zero-order valence-corrected chi connectivity index (χ0v) is 14.3. The molecule has 0 radical (unpaired) electrons. The summed E-state index contributed by atoms with van der Waals surface area (Å²) in [4.78, 5) is 0. The Morgan fingerprint density at radius 2 is 1.96 bits per heavy atom. The molecule has 0 aliphatic rings. The summed E-state index contributed by atoms with van der Waals surface area (Å²) >= 11 is 5.90. The average Bonchev–Trinajstić information content (AvgIpc) is 3.17. The molecular formula is C16H17ClN6O. The lowest BCUT2D eigenvalue weighted by Gasteiger charge is -2.11. The van der Waals surface area contributed by atoms with Crippen molar-refractivity contribution in [2.45, 2.75) is 26.2 Å². The van der Waals surface area contributed by atoms with Crippen LogP contribution in [0.15, 0.2) is 41.1 Å². The lowest BCUT2D eigenvalue weighted by atomic mass is 9.93. The highest BCUT2D eigenvalue weighted by molar-refractivity contribution is 6.30. The van der Waals surface area contributed by atoms with Gasteiger partial charge in [-0.05, 0) is 34.7 Å². The molecule has 8 heteroatoms. The second kappa shape index (κ2) is 6.45. The van der Waals surface area contributed by atoms with Gasteiger partial charge in [-0.3, -0.25) is 0 Å². The van der Waals surface area contributed by atoms with Crippen LogP contribution in [0.1, 0.15) is 32.4 Å². The van der Waals surface area contributed by atoms with Gasteiger partial charge in [0.25, 0.3) is 0 Å². The summed E-state index contributed by atoms with van der Waals surface area (Å²) < 4.78 is 6.93. The third-order valence-corrected chi connectivity index (χ3v) is 3.53. The molecule has 0 fully saturated rings. The van der Waals surface area contributed by atoms with Crippen molar-refractivity contribution in [1.82, 2.24) is 25.4 Å². The fourth-order valence-corrected chi connectivity index (χ4v) is 2.09. The van der Waals surface area contributed by atoms with E-state index in [9.17, 15) is 0 Å². The molecule has 0 saturated heterocycles. The molecule has 7 nitrogen and oxygen atoms in total. The van der Waals surface area contributed by atoms with Crippen LogP contribution in [0, 0.1) is 0 Å². The van der Waals surface area contributed by atoms with Crippen LogP contribution >= 0.6 is 11.6 Å². The number of hydrogen-bond donors (Lipinski definition) is 1. The van der Waals surface area contributed by atoms with Gasteiger partial charge < -0.3 is 9.84 Å². The second-order valence-electron chi connectivity index (χ2n) is 6.23. The molecule has 0 bridgehead atoms. The zero-order chi connectivity index (χ0) is 17.2. The van der Waals surface area contributed by atoms with Gasteiger partial charge in [0.2, 0.25) is 0 Å². The number of benzene rings is 1. The molecule has 1 aromatic carbocycles. The zero-order valence-electron chi connectivity index (χ0n) is 13.6. The Bertz CT molecular complexity index is 844. The number of nitrogens with one attached hydrogen (secondary N) is 1. The van der Waals surface area contributed by atoms with Crippen molar-refractivity contribution < 1.29 is 4.52 Å². The van der Waals surface area contributed by atoms with Crippen molar-refractivity contribution >= 4 is 23.5 Å². The SMILES string of the molecule is CC(C)(C)c1cc(N/C=C\c2nnnn2-c2ccc(Cl)cc2)no1. The maximum atomic E-state index is 5.90. The molecule has 0 aliphatic heterocycles. The lowest BCUT2D eigenvalue weighted by molar-refractivity contribution is 0.331. The highest BCUT2D eigenvalue weighted by Crippen LogP contribution is 2.24. The summed E-state index contributed by atoms with van der Waals surface area (Å²) in [6.07, 6.45) is 3.46. The van der Waals surface area contributed by atoms with Crippen molar-refractivity contribution in [1.29, 1.82) is 0 Å². The van der Waals surface area contributed by atoms with Crippen LogP contribution in [-0.4, -0.2) is 25.4 Å². The van der Waals surface area contributed by atoms with Gasteiger partial charge in [-0.2, -0.15) is 4.68 Å². The predicted molar refractivity (Wildman–Crippen MR) is 92.0 cm³/mol. The molecular weight excluding hydrogens is 328 g/mol. The van der Waals surface area contributed by atoms with E-state index in [1.807, 2.05) is 18.2 Å². The fourth-order valence-electron chi connectivity index (χ4n) is 1.96. The molecule has 0 saturated carbocycles. The number of halogens is 1. The minimum atomic E-state index is -0.0880. The number of rotatable bonds is 4. The Morgan fingerprint density at radius 3 is 2.62 bits per heavy atom. The fraction of sp³-hybridized carbons (Fsp3) is 0.250. The van der Waals surface area contributed by atoms with Crippen LogP contribution in [0.3, 0.4) is 0 Å². The Balaban J connectivity index is 1.73. The topological polar surface area (TPSA) is 81.7 Å². The first-order chi connectivity index (χ1) is 11.4. The number of aromatic nitrogens is 5. The standard InChI is InChI=1S/C16H17ClN6O/c1-16(2,3)13-10-14(20-24-13)18-9-8-15-19-21-22-23(15)12-6-4-11(17)5-7-12/h4-10H,1-3H3,(H,18,20)/b9-8-. The number of tetrazole rings is 1. The molecule has 2 aromatic heterocycles. The third kappa shape index (κ3) is 3.62. The summed E-state index contributed by atoms with van der Waals surface area (Å²) in [5, 5.41) is 19.4. The molecule has 0 spiro atoms. The normalized spacial score (nSPS) is 12.0. The number of anilines is 1. The molecule has 24 heavy (non-hydrogen) atoms. The summed E-state index contributed by atoms with van der Waals surface area (Å²) in [6, 6.07) is 9.13. The maximum absolute atomic E-state index is 5.90. The van der Waals surface area contributed by atoms with Crippen LogP contribution < -0.4 is 5.32 Å². The Morgan fingerprint density at radius 1 is 1.21 bits per heavy atom. The van der Waals surface area contributed by atoms with E-state index < -0.39 is 0 Å². The number of hydrogen-bond acceptors (Lipinski definition) is 6. The first-order valence-electron chi connectivity index (χ1n) is 7.38. The smallest absolute Gasteiger partial charge is 0.181 e. The molecule has 3 aromatic rings. The van der Waals surface area contributed by atoms with Gasteiger partial charge in [0.05, 0.1) is 5.69 Å². The van der Waals surface area contributed by atoms with Gasteiger partial charge >= 0.3 is 0 Å². The van der Waals surface area contributed by atoms with Gasteiger partial charge in [-0.25, -0.2) is 0 Å². The van der Waals surface area contributed by atoms with Crippen molar-refractivity contribution in [3.05, 3.63) is 53.1 Å². The van der Waals surface area contributed by atoms with Gasteiger partial charge in [0, 0.05) is 28.8 Å². The van der Waals surface area contributed by atoms with Crippen LogP contribution in [0.2, 0.25) is 5.02 Å². The van der Waals surface area contributed by atoms with Crippen molar-refractivity contribution in [3.8, 4) is 5.69 Å². The molecule has 3 rings (SSSR count). The van der Waals surface area contributed by atoms with Gasteiger partial charge in [0.1, 0.15) is 5.76 Å². The molecule has 2 heterocycles. The third-order valence-electron chi connectivity index (χ3n) is 3.28. The van der Waals surface area contributed by atoms with E-state index in [4.69, 9.17) is 16.1 Å². The van der Waals surface area contributed by atoms with Gasteiger partial charge in [-0.1, -0.05) is 37.5 Å². The highest BCUT2D eigenvalue weighted by atomic mass is 35.5. The van der Waals surface area contributed by atoms with E-state index in [1.54, 1.807) is 29.1 Å². The van der Waals surface area contributed by atoms with E-state index in [0.717, 1.165) is 11.4 Å². The van der Waals surface area contributed by atoms with Crippen molar-refractivity contribution in [2.75, 3.05) is 5.32 Å². The van der Waals surface area contributed by atoms with Crippen LogP contribution in [0.25, 0.3) is 11.8 Å². The molecule has 0 aliphatic carbocycles. The van der Waals surface area contributed by atoms with E-state index in [0.29, 0.717) is 16.7 Å². The largest absolute Gasteiger partial charge is 0.359 e. The minimum Gasteiger partial charge on any atom is -0.359 e. The quantitative estimate of drug-likeness (QED) is 0.777. The van der Waals surface area contributed by atoms with Gasteiger partial charge in [0.15, 0.2) is 11.6 Å². The minimum absolute atomic E-state index is 0.0880. The molecule has 0 amide bonds. The van der Waals surface area contributed by atoms with Crippen molar-refractivity contribution in [2.24, 2.45) is 0 Å². The Hall–Kier alpha value is -2.67. The first kappa shape index (κ1) is 16.2. The van der Waals surface area contributed by atoms with Crippen LogP contribution in [0.4, 0.5) is 5.82 Å². The maximum Gasteiger partial charge on any atom is 0.181 e. The predicted octanol–water partition coefficient (Wildman–Crippen LogP) is 3.68. The molecule has 124 valence electrons. The molecule has 0 unspecified atom stereocenters. The highest BCUT2D eigenvalue weighted by Gasteiger charge is 2.19. The molecule has 0 atom stereocenters. The van der Waals surface area contributed by atoms with E-state index >= 15 is 0 Å². The number of nitrogens with zero attached hydrogens (tertiary/aromatic N) is 5. The monoisotopic (exact) mass is 344 g/mol. The van der Waals surface area contributed by atoms with E-state index in [2.05, 4.69) is 46.8 Å². The summed E-state index contributed by atoms with van der Waals surface area (Å²) in [5.74, 6) is 2.01. The van der Waals surface area contributed by atoms with Crippen LogP contribution in [0.5, 0.6) is 0 Å². The van der Waals surface area contributed by atoms with E-state index in [1.165, 1.54) is 0 Å². The van der Waals surface area contributed by atoms with Crippen molar-refractivity contribution in [3.63, 3.8) is 0 Å². The summed E-state index contributed by atoms with van der Waals surface area (Å²) in [7, 11) is 0. The first-order valence-corrected chi connectivity index (χ1v) is 7.76. The Labute approximate surface area is 144 Å². The Kier molecular flexibility index (Phi) is 4.35. The van der Waals surface area contributed by atoms with Crippen LogP contribution in [-0.2, 0) is 5.41 Å². The van der Waals surface area contributed by atoms with Gasteiger partial charge in [-0.15, -0.1) is 5.10 Å².